The van der Waals surface area contributed by atoms with E-state index in [0.29, 0.717) is 0 Å². The van der Waals surface area contributed by atoms with E-state index in [-0.39, 0.29) is 0 Å². The minimum atomic E-state index is -0.506. The zero-order valence-electron chi connectivity index (χ0n) is 9.44. The maximum atomic E-state index is 9.46. The Labute approximate surface area is 103 Å². The van der Waals surface area contributed by atoms with Crippen LogP contribution < -0.4 is 4.90 Å². The Kier molecular flexibility index (Phi) is 2.56. The molecule has 1 aliphatic rings. The molecule has 1 atom stereocenters. The number of rotatable bonds is 2. The van der Waals surface area contributed by atoms with Gasteiger partial charge in [-0.15, -0.1) is 21.5 Å². The molecule has 90 valence electrons. The van der Waals surface area contributed by atoms with Crippen molar-refractivity contribution >= 4 is 16.5 Å². The van der Waals surface area contributed by atoms with Crippen LogP contribution in [0, 0.1) is 0 Å². The van der Waals surface area contributed by atoms with Crippen LogP contribution in [-0.2, 0) is 13.1 Å². The van der Waals surface area contributed by atoms with Crippen LogP contribution in [0.3, 0.4) is 0 Å². The number of fused-ring (bicyclic) bond motifs is 1. The molecular weight excluding hydrogens is 238 g/mol. The van der Waals surface area contributed by atoms with Crippen LogP contribution in [0.2, 0.25) is 0 Å². The van der Waals surface area contributed by atoms with Crippen molar-refractivity contribution < 1.29 is 5.11 Å². The molecule has 0 fully saturated rings. The van der Waals surface area contributed by atoms with Gasteiger partial charge in [-0.1, -0.05) is 0 Å². The molecule has 0 amide bonds. The first-order valence-corrected chi connectivity index (χ1v) is 6.37. The Balaban J connectivity index is 1.82. The summed E-state index contributed by atoms with van der Waals surface area (Å²) in [5.74, 6) is 0.963. The molecule has 7 heteroatoms. The first kappa shape index (κ1) is 10.7. The summed E-state index contributed by atoms with van der Waals surface area (Å²) in [5, 5.41) is 20.3. The Bertz CT molecular complexity index is 520. The third-order valence-corrected chi connectivity index (χ3v) is 3.77. The molecule has 1 N–H and O–H groups in total. The first-order valence-electron chi connectivity index (χ1n) is 5.49. The van der Waals surface area contributed by atoms with Crippen LogP contribution in [0.5, 0.6) is 0 Å². The average molecular weight is 251 g/mol. The van der Waals surface area contributed by atoms with E-state index in [1.54, 1.807) is 24.6 Å². The van der Waals surface area contributed by atoms with Crippen molar-refractivity contribution in [1.82, 2.24) is 19.7 Å². The summed E-state index contributed by atoms with van der Waals surface area (Å²) in [5.41, 5.74) is 0.733. The fraction of sp³-hybridized carbons (Fsp3) is 0.500. The fourth-order valence-electron chi connectivity index (χ4n) is 1.84. The molecule has 3 rings (SSSR count). The van der Waals surface area contributed by atoms with Crippen molar-refractivity contribution in [2.75, 3.05) is 11.4 Å². The van der Waals surface area contributed by atoms with Crippen molar-refractivity contribution in [1.29, 1.82) is 0 Å². The average Bonchev–Trinajstić information content (AvgIpc) is 2.97. The van der Waals surface area contributed by atoms with E-state index in [4.69, 9.17) is 0 Å². The summed E-state index contributed by atoms with van der Waals surface area (Å²) in [6, 6.07) is 0. The maximum absolute atomic E-state index is 9.46. The molecule has 0 bridgehead atoms. The summed E-state index contributed by atoms with van der Waals surface area (Å²) in [4.78, 5) is 6.59. The van der Waals surface area contributed by atoms with Gasteiger partial charge in [-0.25, -0.2) is 4.98 Å². The number of aromatic nitrogens is 4. The highest BCUT2D eigenvalue weighted by Crippen LogP contribution is 2.26. The predicted molar refractivity (Wildman–Crippen MR) is 63.8 cm³/mol. The van der Waals surface area contributed by atoms with E-state index in [9.17, 15) is 5.11 Å². The molecular formula is C10H13N5OS. The molecule has 17 heavy (non-hydrogen) atoms. The van der Waals surface area contributed by atoms with Crippen LogP contribution in [0.25, 0.3) is 0 Å². The smallest absolute Gasteiger partial charge is 0.186 e. The maximum Gasteiger partial charge on any atom is 0.186 e. The summed E-state index contributed by atoms with van der Waals surface area (Å²) in [6.07, 6.45) is 1.25. The lowest BCUT2D eigenvalue weighted by Crippen LogP contribution is -2.33. The summed E-state index contributed by atoms with van der Waals surface area (Å²) >= 11 is 1.56. The number of aliphatic hydroxyl groups is 1. The first-order chi connectivity index (χ1) is 8.24. The predicted octanol–water partition coefficient (Wildman–Crippen LogP) is 0.808. The Morgan fingerprint density at radius 1 is 1.47 bits per heavy atom. The van der Waals surface area contributed by atoms with Gasteiger partial charge < -0.3 is 14.6 Å². The van der Waals surface area contributed by atoms with E-state index in [1.807, 2.05) is 5.38 Å². The van der Waals surface area contributed by atoms with Gasteiger partial charge in [-0.3, -0.25) is 0 Å². The fourth-order valence-corrected chi connectivity index (χ4v) is 2.78. The molecule has 1 unspecified atom stereocenters. The van der Waals surface area contributed by atoms with Crippen LogP contribution >= 0.6 is 11.3 Å². The second-order valence-corrected chi connectivity index (χ2v) is 4.93. The number of hydrogen-bond donors (Lipinski definition) is 1. The molecule has 0 spiro atoms. The van der Waals surface area contributed by atoms with E-state index in [0.717, 1.165) is 36.3 Å². The molecule has 0 radical (unpaired) electrons. The third-order valence-electron chi connectivity index (χ3n) is 2.85. The van der Waals surface area contributed by atoms with Gasteiger partial charge in [0.05, 0.1) is 18.3 Å². The lowest BCUT2D eigenvalue weighted by Gasteiger charge is -2.26. The van der Waals surface area contributed by atoms with Crippen molar-refractivity contribution in [3.63, 3.8) is 0 Å². The minimum absolute atomic E-state index is 0.506. The van der Waals surface area contributed by atoms with E-state index < -0.39 is 6.10 Å². The van der Waals surface area contributed by atoms with Crippen LogP contribution in [0.1, 0.15) is 24.5 Å². The molecule has 1 aliphatic heterocycles. The lowest BCUT2D eigenvalue weighted by molar-refractivity contribution is 0.195. The molecule has 6 nitrogen and oxygen atoms in total. The molecule has 0 saturated carbocycles. The quantitative estimate of drug-likeness (QED) is 0.855. The Hall–Kier alpha value is -1.47. The van der Waals surface area contributed by atoms with Gasteiger partial charge in [0, 0.05) is 18.5 Å². The van der Waals surface area contributed by atoms with Gasteiger partial charge in [0.25, 0.3) is 0 Å². The normalized spacial score (nSPS) is 16.9. The summed E-state index contributed by atoms with van der Waals surface area (Å²) < 4.78 is 2.06. The molecule has 2 aromatic heterocycles. The highest BCUT2D eigenvalue weighted by Gasteiger charge is 2.20. The number of nitrogens with zero attached hydrogens (tertiary/aromatic N) is 5. The van der Waals surface area contributed by atoms with Gasteiger partial charge in [-0.2, -0.15) is 0 Å². The highest BCUT2D eigenvalue weighted by atomic mass is 32.1. The van der Waals surface area contributed by atoms with E-state index >= 15 is 0 Å². The van der Waals surface area contributed by atoms with Gasteiger partial charge in [0.1, 0.15) is 6.33 Å². The summed E-state index contributed by atoms with van der Waals surface area (Å²) in [7, 11) is 0. The van der Waals surface area contributed by atoms with Crippen LogP contribution in [-0.4, -0.2) is 31.4 Å². The van der Waals surface area contributed by atoms with Crippen molar-refractivity contribution in [3.05, 3.63) is 23.2 Å². The van der Waals surface area contributed by atoms with Gasteiger partial charge in [0.15, 0.2) is 11.0 Å². The van der Waals surface area contributed by atoms with Gasteiger partial charge >= 0.3 is 0 Å². The monoisotopic (exact) mass is 251 g/mol. The van der Waals surface area contributed by atoms with Crippen molar-refractivity contribution in [3.8, 4) is 0 Å². The zero-order chi connectivity index (χ0) is 11.8. The standard InChI is InChI=1S/C10H13N5OS/c1-7(16)8-5-17-10(12-8)14-2-3-15-6-11-13-9(15)4-14/h5-7,16H,2-4H2,1H3. The molecule has 0 aliphatic carbocycles. The van der Waals surface area contributed by atoms with Crippen LogP contribution in [0.15, 0.2) is 11.7 Å². The van der Waals surface area contributed by atoms with E-state index in [2.05, 4.69) is 24.6 Å². The van der Waals surface area contributed by atoms with Crippen LogP contribution in [0.4, 0.5) is 5.13 Å². The second-order valence-electron chi connectivity index (χ2n) is 4.09. The third kappa shape index (κ3) is 1.91. The SMILES string of the molecule is CC(O)c1csc(N2CCn3cnnc3C2)n1. The van der Waals surface area contributed by atoms with Gasteiger partial charge in [-0.05, 0) is 6.92 Å². The van der Waals surface area contributed by atoms with Crippen molar-refractivity contribution in [2.24, 2.45) is 0 Å². The summed E-state index contributed by atoms with van der Waals surface area (Å²) in [6.45, 7) is 4.24. The van der Waals surface area contributed by atoms with Crippen molar-refractivity contribution in [2.45, 2.75) is 26.1 Å². The zero-order valence-corrected chi connectivity index (χ0v) is 10.3. The molecule has 2 aromatic rings. The number of thiazole rings is 1. The molecule has 0 saturated heterocycles. The number of anilines is 1. The number of hydrogen-bond acceptors (Lipinski definition) is 6. The van der Waals surface area contributed by atoms with E-state index in [1.165, 1.54) is 0 Å². The molecule has 3 heterocycles. The Morgan fingerprint density at radius 3 is 3.12 bits per heavy atom. The number of aliphatic hydroxyl groups excluding tert-OH is 1. The highest BCUT2D eigenvalue weighted by molar-refractivity contribution is 7.13. The largest absolute Gasteiger partial charge is 0.387 e. The lowest BCUT2D eigenvalue weighted by atomic mass is 10.3. The molecule has 0 aromatic carbocycles. The second kappa shape index (κ2) is 4.08. The van der Waals surface area contributed by atoms with Gasteiger partial charge in [0.2, 0.25) is 0 Å². The topological polar surface area (TPSA) is 67.1 Å². The Morgan fingerprint density at radius 2 is 2.35 bits per heavy atom. The minimum Gasteiger partial charge on any atom is -0.387 e.